The van der Waals surface area contributed by atoms with E-state index in [0.29, 0.717) is 18.7 Å². The third kappa shape index (κ3) is 3.86. The van der Waals surface area contributed by atoms with Crippen molar-refractivity contribution >= 4 is 11.6 Å². The summed E-state index contributed by atoms with van der Waals surface area (Å²) in [7, 11) is 0. The fourth-order valence-corrected chi connectivity index (χ4v) is 2.13. The van der Waals surface area contributed by atoms with E-state index in [-0.39, 0.29) is 12.3 Å². The molecule has 2 aromatic rings. The highest BCUT2D eigenvalue weighted by Crippen LogP contribution is 2.19. The predicted octanol–water partition coefficient (Wildman–Crippen LogP) is 3.65. The van der Waals surface area contributed by atoms with Crippen molar-refractivity contribution in [1.29, 1.82) is 5.26 Å². The standard InChI is InChI=1S/C18H18N2O2/c1-2-22-17-11-9-15(10-12-17)18(21)20(14-6-13-19)16-7-4-3-5-8-16/h3-5,7-12H,2,6,14H2,1H3. The van der Waals surface area contributed by atoms with E-state index in [9.17, 15) is 4.79 Å². The first-order chi connectivity index (χ1) is 10.8. The second-order valence-corrected chi connectivity index (χ2v) is 4.66. The lowest BCUT2D eigenvalue weighted by atomic mass is 10.1. The summed E-state index contributed by atoms with van der Waals surface area (Å²) in [5.74, 6) is 0.617. The minimum atomic E-state index is -0.121. The van der Waals surface area contributed by atoms with Crippen LogP contribution in [0.25, 0.3) is 0 Å². The molecule has 0 aromatic heterocycles. The maximum Gasteiger partial charge on any atom is 0.258 e. The monoisotopic (exact) mass is 294 g/mol. The fraction of sp³-hybridized carbons (Fsp3) is 0.222. The molecule has 0 radical (unpaired) electrons. The van der Waals surface area contributed by atoms with E-state index in [1.165, 1.54) is 0 Å². The van der Waals surface area contributed by atoms with Crippen LogP contribution in [0.1, 0.15) is 23.7 Å². The lowest BCUT2D eigenvalue weighted by Crippen LogP contribution is -2.31. The quantitative estimate of drug-likeness (QED) is 0.817. The molecule has 4 heteroatoms. The van der Waals surface area contributed by atoms with Gasteiger partial charge in [0, 0.05) is 17.8 Å². The zero-order valence-electron chi connectivity index (χ0n) is 12.5. The molecule has 0 N–H and O–H groups in total. The number of nitriles is 1. The molecule has 0 saturated heterocycles. The highest BCUT2D eigenvalue weighted by atomic mass is 16.5. The molecule has 0 saturated carbocycles. The van der Waals surface area contributed by atoms with Crippen LogP contribution in [0, 0.1) is 11.3 Å². The first kappa shape index (κ1) is 15.6. The molecule has 2 aromatic carbocycles. The molecule has 0 bridgehead atoms. The van der Waals surface area contributed by atoms with Gasteiger partial charge in [-0.15, -0.1) is 0 Å². The molecule has 0 atom stereocenters. The Balaban J connectivity index is 2.23. The number of carbonyl (C=O) groups excluding carboxylic acids is 1. The summed E-state index contributed by atoms with van der Waals surface area (Å²) in [5.41, 5.74) is 1.36. The number of hydrogen-bond acceptors (Lipinski definition) is 3. The van der Waals surface area contributed by atoms with Crippen molar-refractivity contribution in [3.8, 4) is 11.8 Å². The topological polar surface area (TPSA) is 53.3 Å². The van der Waals surface area contributed by atoms with Crippen LogP contribution >= 0.6 is 0 Å². The van der Waals surface area contributed by atoms with Gasteiger partial charge in [0.25, 0.3) is 5.91 Å². The van der Waals surface area contributed by atoms with Gasteiger partial charge < -0.3 is 9.64 Å². The van der Waals surface area contributed by atoms with Crippen molar-refractivity contribution in [2.24, 2.45) is 0 Å². The fourth-order valence-electron chi connectivity index (χ4n) is 2.13. The van der Waals surface area contributed by atoms with E-state index in [4.69, 9.17) is 10.00 Å². The van der Waals surface area contributed by atoms with Crippen molar-refractivity contribution < 1.29 is 9.53 Å². The van der Waals surface area contributed by atoms with Gasteiger partial charge >= 0.3 is 0 Å². The zero-order valence-corrected chi connectivity index (χ0v) is 12.5. The molecule has 0 spiro atoms. The minimum Gasteiger partial charge on any atom is -0.494 e. The Bertz CT molecular complexity index is 645. The van der Waals surface area contributed by atoms with Gasteiger partial charge in [-0.3, -0.25) is 4.79 Å². The molecule has 1 amide bonds. The number of hydrogen-bond donors (Lipinski definition) is 0. The maximum absolute atomic E-state index is 12.7. The van der Waals surface area contributed by atoms with E-state index in [1.54, 1.807) is 29.2 Å². The summed E-state index contributed by atoms with van der Waals surface area (Å²) in [5, 5.41) is 8.81. The molecule has 0 aliphatic carbocycles. The number of para-hydroxylation sites is 1. The molecule has 2 rings (SSSR count). The number of ether oxygens (including phenoxy) is 1. The molecule has 112 valence electrons. The number of anilines is 1. The average molecular weight is 294 g/mol. The van der Waals surface area contributed by atoms with E-state index in [1.807, 2.05) is 37.3 Å². The van der Waals surface area contributed by atoms with E-state index < -0.39 is 0 Å². The highest BCUT2D eigenvalue weighted by Gasteiger charge is 2.17. The first-order valence-corrected chi connectivity index (χ1v) is 7.23. The lowest BCUT2D eigenvalue weighted by molar-refractivity contribution is 0.0987. The molecule has 0 aliphatic rings. The number of benzene rings is 2. The Labute approximate surface area is 130 Å². The Kier molecular flexibility index (Phi) is 5.56. The zero-order chi connectivity index (χ0) is 15.8. The smallest absolute Gasteiger partial charge is 0.258 e. The van der Waals surface area contributed by atoms with Crippen molar-refractivity contribution in [1.82, 2.24) is 0 Å². The van der Waals surface area contributed by atoms with Gasteiger partial charge in [-0.25, -0.2) is 0 Å². The largest absolute Gasteiger partial charge is 0.494 e. The molecule has 0 aliphatic heterocycles. The Morgan fingerprint density at radius 3 is 2.41 bits per heavy atom. The van der Waals surface area contributed by atoms with Gasteiger partial charge in [0.05, 0.1) is 19.1 Å². The molecular weight excluding hydrogens is 276 g/mol. The van der Waals surface area contributed by atoms with E-state index in [2.05, 4.69) is 6.07 Å². The molecule has 0 unspecified atom stereocenters. The van der Waals surface area contributed by atoms with Crippen LogP contribution in [0.15, 0.2) is 54.6 Å². The summed E-state index contributed by atoms with van der Waals surface area (Å²) in [6.45, 7) is 2.87. The Morgan fingerprint density at radius 2 is 1.82 bits per heavy atom. The van der Waals surface area contributed by atoms with Crippen LogP contribution in [0.5, 0.6) is 5.75 Å². The van der Waals surface area contributed by atoms with Crippen LogP contribution in [-0.4, -0.2) is 19.1 Å². The molecule has 4 nitrogen and oxygen atoms in total. The van der Waals surface area contributed by atoms with Crippen LogP contribution in [0.4, 0.5) is 5.69 Å². The highest BCUT2D eigenvalue weighted by molar-refractivity contribution is 6.06. The maximum atomic E-state index is 12.7. The van der Waals surface area contributed by atoms with Crippen molar-refractivity contribution in [3.63, 3.8) is 0 Å². The van der Waals surface area contributed by atoms with Gasteiger partial charge in [0.15, 0.2) is 0 Å². The van der Waals surface area contributed by atoms with Gasteiger partial charge in [-0.1, -0.05) is 18.2 Å². The van der Waals surface area contributed by atoms with Crippen LogP contribution < -0.4 is 9.64 Å². The van der Waals surface area contributed by atoms with Gasteiger partial charge in [-0.2, -0.15) is 5.26 Å². The third-order valence-electron chi connectivity index (χ3n) is 3.17. The van der Waals surface area contributed by atoms with Crippen LogP contribution in [-0.2, 0) is 0 Å². The van der Waals surface area contributed by atoms with Crippen molar-refractivity contribution in [2.45, 2.75) is 13.3 Å². The Hall–Kier alpha value is -2.80. The minimum absolute atomic E-state index is 0.121. The second kappa shape index (κ2) is 7.84. The molecule has 22 heavy (non-hydrogen) atoms. The second-order valence-electron chi connectivity index (χ2n) is 4.66. The van der Waals surface area contributed by atoms with Gasteiger partial charge in [0.1, 0.15) is 5.75 Å². The summed E-state index contributed by atoms with van der Waals surface area (Å²) < 4.78 is 5.38. The van der Waals surface area contributed by atoms with E-state index >= 15 is 0 Å². The predicted molar refractivity (Wildman–Crippen MR) is 86.0 cm³/mol. The van der Waals surface area contributed by atoms with Crippen molar-refractivity contribution in [3.05, 3.63) is 60.2 Å². The number of amides is 1. The molecule has 0 fully saturated rings. The van der Waals surface area contributed by atoms with Crippen LogP contribution in [0.3, 0.4) is 0 Å². The molecular formula is C18H18N2O2. The average Bonchev–Trinajstić information content (AvgIpc) is 2.57. The number of nitrogens with zero attached hydrogens (tertiary/aromatic N) is 2. The summed E-state index contributed by atoms with van der Waals surface area (Å²) in [6, 6.07) is 18.5. The number of carbonyl (C=O) groups is 1. The first-order valence-electron chi connectivity index (χ1n) is 7.23. The summed E-state index contributed by atoms with van der Waals surface area (Å²) >= 11 is 0. The van der Waals surface area contributed by atoms with Crippen LogP contribution in [0.2, 0.25) is 0 Å². The normalized spacial score (nSPS) is 9.82. The lowest BCUT2D eigenvalue weighted by Gasteiger charge is -2.22. The van der Waals surface area contributed by atoms with Gasteiger partial charge in [-0.05, 0) is 43.3 Å². The third-order valence-corrected chi connectivity index (χ3v) is 3.17. The molecule has 0 heterocycles. The Morgan fingerprint density at radius 1 is 1.14 bits per heavy atom. The van der Waals surface area contributed by atoms with Gasteiger partial charge in [0.2, 0.25) is 0 Å². The SMILES string of the molecule is CCOc1ccc(C(=O)N(CCC#N)c2ccccc2)cc1. The number of rotatable bonds is 6. The van der Waals surface area contributed by atoms with Crippen molar-refractivity contribution in [2.75, 3.05) is 18.1 Å². The summed E-state index contributed by atoms with van der Waals surface area (Å²) in [4.78, 5) is 14.3. The summed E-state index contributed by atoms with van der Waals surface area (Å²) in [6.07, 6.45) is 0.289. The van der Waals surface area contributed by atoms with E-state index in [0.717, 1.165) is 11.4 Å².